The number of aromatic nitrogens is 3. The maximum Gasteiger partial charge on any atom is 0.319 e. The molecule has 4 saturated heterocycles. The highest BCUT2D eigenvalue weighted by Crippen LogP contribution is 2.41. The van der Waals surface area contributed by atoms with Gasteiger partial charge in [0.15, 0.2) is 5.82 Å². The molecule has 0 aliphatic carbocycles. The molecule has 53 heavy (non-hydrogen) atoms. The minimum atomic E-state index is -0.945. The number of rotatable bonds is 9. The summed E-state index contributed by atoms with van der Waals surface area (Å²) in [5.74, 6) is -0.528. The molecular formula is C39H40ClF3N8O2. The van der Waals surface area contributed by atoms with E-state index in [9.17, 15) is 18.8 Å². The van der Waals surface area contributed by atoms with E-state index in [0.29, 0.717) is 72.7 Å². The van der Waals surface area contributed by atoms with E-state index in [1.165, 1.54) is 6.08 Å². The predicted octanol–water partition coefficient (Wildman–Crippen LogP) is 6.12. The van der Waals surface area contributed by atoms with Gasteiger partial charge in [0.25, 0.3) is 0 Å². The van der Waals surface area contributed by atoms with Gasteiger partial charge in [0, 0.05) is 80.5 Å². The first-order valence-corrected chi connectivity index (χ1v) is 18.6. The quantitative estimate of drug-likeness (QED) is 0.188. The van der Waals surface area contributed by atoms with Crippen molar-refractivity contribution in [2.75, 3.05) is 63.9 Å². The van der Waals surface area contributed by atoms with E-state index < -0.39 is 29.7 Å². The number of likely N-dealkylation sites (tertiary alicyclic amines) is 1. The van der Waals surface area contributed by atoms with E-state index in [-0.39, 0.29) is 49.2 Å². The second-order valence-corrected chi connectivity index (χ2v) is 15.0. The summed E-state index contributed by atoms with van der Waals surface area (Å²) in [5.41, 5.74) is 0.118. The third-order valence-electron chi connectivity index (χ3n) is 11.2. The molecule has 0 saturated carbocycles. The highest BCUT2D eigenvalue weighted by Gasteiger charge is 2.49. The number of nitrogens with zero attached hydrogens (tertiary/aromatic N) is 8. The van der Waals surface area contributed by atoms with Gasteiger partial charge in [-0.3, -0.25) is 19.6 Å². The molecule has 0 N–H and O–H groups in total. The van der Waals surface area contributed by atoms with Crippen LogP contribution in [0.5, 0.6) is 6.01 Å². The molecule has 2 aromatic carbocycles. The van der Waals surface area contributed by atoms with Crippen molar-refractivity contribution in [2.24, 2.45) is 0 Å². The Morgan fingerprint density at radius 1 is 1.08 bits per heavy atom. The van der Waals surface area contributed by atoms with Crippen molar-refractivity contribution in [2.45, 2.75) is 56.0 Å². The second kappa shape index (κ2) is 14.7. The van der Waals surface area contributed by atoms with Crippen molar-refractivity contribution in [1.29, 1.82) is 5.26 Å². The highest BCUT2D eigenvalue weighted by molar-refractivity contribution is 6.36. The first-order valence-electron chi connectivity index (χ1n) is 18.2. The summed E-state index contributed by atoms with van der Waals surface area (Å²) < 4.78 is 51.4. The number of carbonyl (C=O) groups excluding carboxylic acids is 1. The van der Waals surface area contributed by atoms with Crippen LogP contribution in [-0.4, -0.2) is 118 Å². The van der Waals surface area contributed by atoms with Crippen LogP contribution in [0.25, 0.3) is 32.9 Å². The Balaban J connectivity index is 1.13. The lowest BCUT2D eigenvalue weighted by Crippen LogP contribution is -2.55. The molecule has 10 nitrogen and oxygen atoms in total. The van der Waals surface area contributed by atoms with Gasteiger partial charge in [0.1, 0.15) is 36.0 Å². The number of ether oxygens (including phenoxy) is 1. The summed E-state index contributed by atoms with van der Waals surface area (Å²) in [6.45, 7) is 3.66. The third kappa shape index (κ3) is 6.88. The van der Waals surface area contributed by atoms with Gasteiger partial charge in [0.2, 0.25) is 5.91 Å². The molecule has 0 radical (unpaired) electrons. The maximum absolute atomic E-state index is 16.9. The molecule has 8 rings (SSSR count). The Labute approximate surface area is 310 Å². The fraction of sp³-hybridized carbons (Fsp3) is 0.462. The number of hydrogen-bond acceptors (Lipinski definition) is 9. The van der Waals surface area contributed by atoms with E-state index in [1.54, 1.807) is 29.3 Å². The van der Waals surface area contributed by atoms with Crippen LogP contribution < -0.4 is 9.64 Å². The number of fused-ring (bicyclic) bond motifs is 3. The van der Waals surface area contributed by atoms with Gasteiger partial charge in [-0.15, -0.1) is 0 Å². The first kappa shape index (κ1) is 35.5. The number of anilines is 1. The van der Waals surface area contributed by atoms with Crippen LogP contribution in [0.4, 0.5) is 19.0 Å². The smallest absolute Gasteiger partial charge is 0.319 e. The fourth-order valence-corrected chi connectivity index (χ4v) is 8.91. The molecule has 14 heteroatoms. The number of nitriles is 1. The SMILES string of the molecule is N#CC[C@H]1CN(c2nc(OC[C@@]34CCCN3C[C@H](F)C4)nc3c(F)c(-c4cccc5cccc(Cl)c45)ncc23)CCN1C(=O)/C=C/CN1CC[C@@H](F)C1. The summed E-state index contributed by atoms with van der Waals surface area (Å²) in [6.07, 6.45) is 5.63. The first-order chi connectivity index (χ1) is 25.7. The largest absolute Gasteiger partial charge is 0.461 e. The number of halogens is 4. The Morgan fingerprint density at radius 3 is 2.74 bits per heavy atom. The number of hydrogen-bond donors (Lipinski definition) is 0. The molecule has 4 aliphatic rings. The van der Waals surface area contributed by atoms with Crippen molar-refractivity contribution in [1.82, 2.24) is 29.7 Å². The van der Waals surface area contributed by atoms with Crippen molar-refractivity contribution >= 4 is 45.0 Å². The normalized spacial score (nSPS) is 25.2. The van der Waals surface area contributed by atoms with Crippen LogP contribution >= 0.6 is 11.6 Å². The van der Waals surface area contributed by atoms with E-state index in [0.717, 1.165) is 24.8 Å². The molecule has 4 aliphatic heterocycles. The Kier molecular flexibility index (Phi) is 9.87. The Bertz CT molecular complexity index is 2110. The number of alkyl halides is 2. The second-order valence-electron chi connectivity index (χ2n) is 14.6. The highest BCUT2D eigenvalue weighted by atomic mass is 35.5. The monoisotopic (exact) mass is 744 g/mol. The molecule has 4 atom stereocenters. The Morgan fingerprint density at radius 2 is 1.92 bits per heavy atom. The lowest BCUT2D eigenvalue weighted by molar-refractivity contribution is -0.128. The van der Waals surface area contributed by atoms with Gasteiger partial charge in [-0.1, -0.05) is 48.0 Å². The average molecular weight is 745 g/mol. The molecule has 0 unspecified atom stereocenters. The van der Waals surface area contributed by atoms with Crippen molar-refractivity contribution < 1.29 is 22.7 Å². The van der Waals surface area contributed by atoms with Crippen LogP contribution in [0.2, 0.25) is 5.02 Å². The zero-order chi connectivity index (χ0) is 36.7. The zero-order valence-electron chi connectivity index (χ0n) is 29.2. The van der Waals surface area contributed by atoms with Gasteiger partial charge in [-0.05, 0) is 37.3 Å². The minimum Gasteiger partial charge on any atom is -0.461 e. The van der Waals surface area contributed by atoms with E-state index in [2.05, 4.69) is 20.9 Å². The van der Waals surface area contributed by atoms with Gasteiger partial charge >= 0.3 is 6.01 Å². The average Bonchev–Trinajstić information content (AvgIpc) is 3.84. The summed E-state index contributed by atoms with van der Waals surface area (Å²) in [4.78, 5) is 35.0. The molecule has 6 heterocycles. The lowest BCUT2D eigenvalue weighted by atomic mass is 9.95. The molecule has 0 bridgehead atoms. The maximum atomic E-state index is 16.9. The number of amides is 1. The fourth-order valence-electron chi connectivity index (χ4n) is 8.62. The van der Waals surface area contributed by atoms with Crippen LogP contribution in [0.1, 0.15) is 32.1 Å². The number of pyridine rings is 1. The summed E-state index contributed by atoms with van der Waals surface area (Å²) >= 11 is 6.62. The van der Waals surface area contributed by atoms with Crippen LogP contribution in [0.3, 0.4) is 0 Å². The number of benzene rings is 2. The van der Waals surface area contributed by atoms with Gasteiger partial charge in [-0.2, -0.15) is 15.2 Å². The van der Waals surface area contributed by atoms with Crippen LogP contribution in [-0.2, 0) is 4.79 Å². The van der Waals surface area contributed by atoms with Gasteiger partial charge in [-0.25, -0.2) is 13.2 Å². The van der Waals surface area contributed by atoms with Crippen LogP contribution in [0, 0.1) is 17.1 Å². The molecule has 276 valence electrons. The Hall–Kier alpha value is -4.51. The van der Waals surface area contributed by atoms with Gasteiger partial charge < -0.3 is 14.5 Å². The number of carbonyl (C=O) groups is 1. The summed E-state index contributed by atoms with van der Waals surface area (Å²) in [5, 5.41) is 12.1. The standard InChI is InChI=1S/C39H40ClF3N8O2/c40-31-8-2-6-25-5-1-7-29(33(25)31)35-34(43)36-30(20-45-35)37(47-38(46-36)53-24-39-12-4-15-50(39)22-27(42)19-39)49-17-18-51(28(23-49)10-13-44)32(52)9-3-14-48-16-11-26(41)21-48/h1-3,5-9,20,26-28H,4,10-12,14-19,21-24H2/b9-3+/t26-,27-,28+,39+/m1/s1. The van der Waals surface area contributed by atoms with Crippen molar-refractivity contribution in [3.8, 4) is 23.3 Å². The molecule has 4 fully saturated rings. The molecule has 2 aromatic heterocycles. The predicted molar refractivity (Wildman–Crippen MR) is 197 cm³/mol. The molecule has 0 spiro atoms. The number of piperazine rings is 1. The topological polar surface area (TPSA) is 102 Å². The van der Waals surface area contributed by atoms with Gasteiger partial charge in [0.05, 0.1) is 29.5 Å². The summed E-state index contributed by atoms with van der Waals surface area (Å²) in [6, 6.07) is 12.7. The van der Waals surface area contributed by atoms with E-state index >= 15 is 4.39 Å². The van der Waals surface area contributed by atoms with Crippen LogP contribution in [0.15, 0.2) is 54.7 Å². The lowest BCUT2D eigenvalue weighted by Gasteiger charge is -2.41. The zero-order valence-corrected chi connectivity index (χ0v) is 30.0. The van der Waals surface area contributed by atoms with E-state index in [1.807, 2.05) is 34.1 Å². The van der Waals surface area contributed by atoms with Crippen molar-refractivity contribution in [3.63, 3.8) is 0 Å². The molecule has 4 aromatic rings. The minimum absolute atomic E-state index is 0.00493. The van der Waals surface area contributed by atoms with E-state index in [4.69, 9.17) is 21.3 Å². The molecule has 1 amide bonds. The third-order valence-corrected chi connectivity index (χ3v) is 11.5. The molecular weight excluding hydrogens is 705 g/mol. The van der Waals surface area contributed by atoms with Crippen molar-refractivity contribution in [3.05, 3.63) is 65.6 Å². The summed E-state index contributed by atoms with van der Waals surface area (Å²) in [7, 11) is 0.